The fourth-order valence-corrected chi connectivity index (χ4v) is 7.11. The predicted octanol–water partition coefficient (Wildman–Crippen LogP) is 4.07. The highest BCUT2D eigenvalue weighted by atomic mass is 32.2. The Morgan fingerprint density at radius 3 is 2.56 bits per heavy atom. The number of carboxylic acids is 1. The molecule has 1 N–H and O–H groups in total. The molecule has 172 valence electrons. The van der Waals surface area contributed by atoms with Gasteiger partial charge in [0.05, 0.1) is 16.9 Å². The maximum absolute atomic E-state index is 13.7. The van der Waals surface area contributed by atoms with Crippen molar-refractivity contribution in [1.29, 1.82) is 0 Å². The molecule has 4 rings (SSSR count). The van der Waals surface area contributed by atoms with Gasteiger partial charge in [0.2, 0.25) is 16.8 Å². The van der Waals surface area contributed by atoms with Crippen LogP contribution in [0.4, 0.5) is 0 Å². The van der Waals surface area contributed by atoms with Gasteiger partial charge < -0.3 is 14.6 Å². The first-order chi connectivity index (χ1) is 15.3. The van der Waals surface area contributed by atoms with Gasteiger partial charge in [-0.3, -0.25) is 4.79 Å². The number of carbonyl (C=O) groups is 1. The number of fused-ring (bicyclic) bond motifs is 1. The number of piperidine rings is 1. The highest BCUT2D eigenvalue weighted by Crippen LogP contribution is 2.44. The molecule has 2 aromatic rings. The predicted molar refractivity (Wildman–Crippen MR) is 123 cm³/mol. The van der Waals surface area contributed by atoms with Crippen molar-refractivity contribution in [3.8, 4) is 11.5 Å². The van der Waals surface area contributed by atoms with Crippen LogP contribution in [0.2, 0.25) is 0 Å². The smallest absolute Gasteiger partial charge is 0.308 e. The topological polar surface area (TPSA) is 93.1 Å². The maximum atomic E-state index is 13.7. The van der Waals surface area contributed by atoms with Crippen molar-refractivity contribution in [3.63, 3.8) is 0 Å². The van der Waals surface area contributed by atoms with Crippen molar-refractivity contribution in [3.05, 3.63) is 53.6 Å². The summed E-state index contributed by atoms with van der Waals surface area (Å²) in [6, 6.07) is 11.6. The minimum Gasteiger partial charge on any atom is -0.481 e. The molecule has 7 nitrogen and oxygen atoms in total. The van der Waals surface area contributed by atoms with Crippen LogP contribution in [0.3, 0.4) is 0 Å². The standard InChI is InChI=1S/C23H27NO6S2/c1-3-10-31-22-12-19(16-6-9-20-21(11-16)30-14-29-20)24(13-18(22)23(25)26)32(27,28)17-7-4-15(2)5-8-17/h4-9,11,18-19,22H,3,10,12-14H2,1-2H3,(H,25,26)/t18-,19+,22-/m1/s1. The lowest BCUT2D eigenvalue weighted by atomic mass is 9.90. The van der Waals surface area contributed by atoms with E-state index in [-0.39, 0.29) is 23.5 Å². The molecule has 3 atom stereocenters. The Morgan fingerprint density at radius 2 is 1.88 bits per heavy atom. The maximum Gasteiger partial charge on any atom is 0.308 e. The van der Waals surface area contributed by atoms with Crippen molar-refractivity contribution in [1.82, 2.24) is 4.31 Å². The highest BCUT2D eigenvalue weighted by Gasteiger charge is 2.45. The minimum atomic E-state index is -3.91. The fourth-order valence-electron chi connectivity index (χ4n) is 4.17. The zero-order valence-corrected chi connectivity index (χ0v) is 19.7. The van der Waals surface area contributed by atoms with E-state index in [9.17, 15) is 18.3 Å². The van der Waals surface area contributed by atoms with Crippen LogP contribution in [0, 0.1) is 12.8 Å². The zero-order chi connectivity index (χ0) is 22.9. The molecule has 0 spiro atoms. The molecule has 0 radical (unpaired) electrons. The Labute approximate surface area is 192 Å². The van der Waals surface area contributed by atoms with Crippen molar-refractivity contribution in [2.75, 3.05) is 19.1 Å². The van der Waals surface area contributed by atoms with Gasteiger partial charge in [0, 0.05) is 11.8 Å². The Hall–Kier alpha value is -2.23. The Morgan fingerprint density at radius 1 is 1.16 bits per heavy atom. The first kappa shape index (κ1) is 22.9. The van der Waals surface area contributed by atoms with Crippen LogP contribution in [-0.4, -0.2) is 48.1 Å². The monoisotopic (exact) mass is 477 g/mol. The molecule has 2 heterocycles. The second-order valence-electron chi connectivity index (χ2n) is 8.11. The average Bonchev–Trinajstić information content (AvgIpc) is 3.25. The number of aryl methyl sites for hydroxylation is 1. The summed E-state index contributed by atoms with van der Waals surface area (Å²) >= 11 is 1.61. The van der Waals surface area contributed by atoms with Crippen molar-refractivity contribution in [2.24, 2.45) is 5.92 Å². The summed E-state index contributed by atoms with van der Waals surface area (Å²) in [5, 5.41) is 9.72. The first-order valence-corrected chi connectivity index (χ1v) is 13.1. The molecule has 1 saturated heterocycles. The first-order valence-electron chi connectivity index (χ1n) is 10.6. The van der Waals surface area contributed by atoms with E-state index in [4.69, 9.17) is 9.47 Å². The normalized spacial score (nSPS) is 23.2. The Bertz CT molecular complexity index is 1090. The van der Waals surface area contributed by atoms with E-state index in [0.29, 0.717) is 17.9 Å². The number of thioether (sulfide) groups is 1. The van der Waals surface area contributed by atoms with Gasteiger partial charge in [-0.1, -0.05) is 30.7 Å². The van der Waals surface area contributed by atoms with E-state index >= 15 is 0 Å². The third kappa shape index (κ3) is 4.46. The lowest BCUT2D eigenvalue weighted by Crippen LogP contribution is -2.49. The number of benzene rings is 2. The molecule has 2 aliphatic heterocycles. The van der Waals surface area contributed by atoms with Crippen LogP contribution in [0.15, 0.2) is 47.4 Å². The third-order valence-electron chi connectivity index (χ3n) is 5.89. The van der Waals surface area contributed by atoms with E-state index < -0.39 is 28.0 Å². The number of rotatable bonds is 7. The van der Waals surface area contributed by atoms with E-state index in [1.807, 2.05) is 19.1 Å². The fraction of sp³-hybridized carbons (Fsp3) is 0.435. The summed E-state index contributed by atoms with van der Waals surface area (Å²) in [5.41, 5.74) is 1.73. The van der Waals surface area contributed by atoms with E-state index in [1.54, 1.807) is 42.1 Å². The van der Waals surface area contributed by atoms with Crippen molar-refractivity contribution < 1.29 is 27.8 Å². The largest absolute Gasteiger partial charge is 0.481 e. The van der Waals surface area contributed by atoms with Crippen molar-refractivity contribution in [2.45, 2.75) is 42.9 Å². The minimum absolute atomic E-state index is 0.0773. The highest BCUT2D eigenvalue weighted by molar-refractivity contribution is 7.99. The van der Waals surface area contributed by atoms with Crippen molar-refractivity contribution >= 4 is 27.8 Å². The molecule has 1 fully saturated rings. The number of hydrogen-bond acceptors (Lipinski definition) is 6. The van der Waals surface area contributed by atoms with Gasteiger partial charge in [0.25, 0.3) is 0 Å². The van der Waals surface area contributed by atoms with Gasteiger partial charge in [-0.15, -0.1) is 0 Å². The van der Waals surface area contributed by atoms with E-state index in [2.05, 4.69) is 6.92 Å². The lowest BCUT2D eigenvalue weighted by molar-refractivity contribution is -0.143. The molecule has 0 aliphatic carbocycles. The molecule has 0 unspecified atom stereocenters. The number of aliphatic carboxylic acids is 1. The molecule has 2 aromatic carbocycles. The number of hydrogen-bond donors (Lipinski definition) is 1. The number of nitrogens with zero attached hydrogens (tertiary/aromatic N) is 1. The summed E-state index contributed by atoms with van der Waals surface area (Å²) in [5.74, 6) is 0.280. The molecule has 0 bridgehead atoms. The van der Waals surface area contributed by atoms with Gasteiger partial charge in [-0.25, -0.2) is 8.42 Å². The second-order valence-corrected chi connectivity index (χ2v) is 11.3. The third-order valence-corrected chi connectivity index (χ3v) is 9.37. The second kappa shape index (κ2) is 9.33. The molecule has 0 aromatic heterocycles. The van der Waals surface area contributed by atoms with Gasteiger partial charge >= 0.3 is 5.97 Å². The van der Waals surface area contributed by atoms with E-state index in [1.165, 1.54) is 4.31 Å². The summed E-state index contributed by atoms with van der Waals surface area (Å²) in [7, 11) is -3.91. The molecule has 9 heteroatoms. The van der Waals surface area contributed by atoms with Crippen LogP contribution in [-0.2, 0) is 14.8 Å². The summed E-state index contributed by atoms with van der Waals surface area (Å²) < 4.78 is 39.6. The quantitative estimate of drug-likeness (QED) is 0.642. The van der Waals surface area contributed by atoms with Crippen LogP contribution in [0.25, 0.3) is 0 Å². The van der Waals surface area contributed by atoms with Gasteiger partial charge in [0.1, 0.15) is 0 Å². The van der Waals surface area contributed by atoms with Gasteiger partial charge in [-0.05, 0) is 55.3 Å². The number of sulfonamides is 1. The molecule has 0 amide bonds. The van der Waals surface area contributed by atoms with Gasteiger partial charge in [0.15, 0.2) is 11.5 Å². The molecular formula is C23H27NO6S2. The van der Waals surface area contributed by atoms with Crippen LogP contribution in [0.1, 0.15) is 36.9 Å². The number of carboxylic acid groups (broad SMARTS) is 1. The summed E-state index contributed by atoms with van der Waals surface area (Å²) in [6.07, 6.45) is 1.33. The zero-order valence-electron chi connectivity index (χ0n) is 18.1. The average molecular weight is 478 g/mol. The number of ether oxygens (including phenoxy) is 2. The van der Waals surface area contributed by atoms with Gasteiger partial charge in [-0.2, -0.15) is 16.1 Å². The Kier molecular flexibility index (Phi) is 6.69. The summed E-state index contributed by atoms with van der Waals surface area (Å²) in [6.45, 7) is 3.99. The van der Waals surface area contributed by atoms with Crippen LogP contribution >= 0.6 is 11.8 Å². The SMILES string of the molecule is CCCS[C@@H]1C[C@@H](c2ccc3c(c2)OCO3)N(S(=O)(=O)c2ccc(C)cc2)C[C@H]1C(=O)O. The molecule has 0 saturated carbocycles. The molecule has 32 heavy (non-hydrogen) atoms. The Balaban J connectivity index is 1.76. The van der Waals surface area contributed by atoms with Crippen LogP contribution in [0.5, 0.6) is 11.5 Å². The lowest BCUT2D eigenvalue weighted by Gasteiger charge is -2.41. The molecular weight excluding hydrogens is 450 g/mol. The molecule has 2 aliphatic rings. The van der Waals surface area contributed by atoms with Crippen LogP contribution < -0.4 is 9.47 Å². The van der Waals surface area contributed by atoms with E-state index in [0.717, 1.165) is 23.3 Å². The summed E-state index contributed by atoms with van der Waals surface area (Å²) in [4.78, 5) is 12.3.